The van der Waals surface area contributed by atoms with Crippen LogP contribution >= 0.6 is 11.6 Å². The van der Waals surface area contributed by atoms with Gasteiger partial charge >= 0.3 is 0 Å². The van der Waals surface area contributed by atoms with E-state index in [9.17, 15) is 0 Å². The van der Waals surface area contributed by atoms with Gasteiger partial charge in [0.15, 0.2) is 5.15 Å². The molecule has 0 radical (unpaired) electrons. The van der Waals surface area contributed by atoms with E-state index >= 15 is 0 Å². The zero-order valence-corrected chi connectivity index (χ0v) is 18.5. The number of nitrogens with one attached hydrogen (secondary N) is 1. The Bertz CT molecular complexity index is 1070. The first-order valence-electron chi connectivity index (χ1n) is 10.6. The van der Waals surface area contributed by atoms with Gasteiger partial charge in [0, 0.05) is 30.3 Å². The third kappa shape index (κ3) is 4.08. The molecular weight excluding hydrogens is 392 g/mol. The fraction of sp³-hybridized carbons (Fsp3) is 0.360. The van der Waals surface area contributed by atoms with E-state index in [1.807, 2.05) is 12.1 Å². The van der Waals surface area contributed by atoms with E-state index in [0.717, 1.165) is 48.6 Å². The molecule has 1 N–H and O–H groups in total. The zero-order valence-electron chi connectivity index (χ0n) is 17.7. The Labute approximate surface area is 183 Å². The molecule has 1 aliphatic rings. The molecule has 2 heterocycles. The van der Waals surface area contributed by atoms with Crippen molar-refractivity contribution in [3.05, 3.63) is 70.1 Å². The van der Waals surface area contributed by atoms with Crippen molar-refractivity contribution in [3.63, 3.8) is 0 Å². The van der Waals surface area contributed by atoms with Crippen LogP contribution in [0.25, 0.3) is 11.3 Å². The summed E-state index contributed by atoms with van der Waals surface area (Å²) in [5, 5.41) is 9.54. The number of imidazole rings is 1. The first-order chi connectivity index (χ1) is 14.5. The number of piperidine rings is 1. The lowest BCUT2D eigenvalue weighted by Gasteiger charge is -2.34. The molecule has 0 atom stereocenters. The molecule has 2 aromatic carbocycles. The third-order valence-electron chi connectivity index (χ3n) is 6.09. The summed E-state index contributed by atoms with van der Waals surface area (Å²) in [6.07, 6.45) is 2.22. The molecule has 4 nitrogen and oxygen atoms in total. The standard InChI is InChI=1S/C25H27ClN4/c1-16(2)25-28-23(24(26)29-25)22-14-21(9-4-17(22)3)30-12-10-20(11-13-30)19-7-5-18(15-27)6-8-19/h4-9,14,16,20H,10-13H2,1-3H3,(H,28,29). The van der Waals surface area contributed by atoms with Crippen LogP contribution in [0.15, 0.2) is 42.5 Å². The fourth-order valence-corrected chi connectivity index (χ4v) is 4.44. The molecule has 4 rings (SSSR count). The van der Waals surface area contributed by atoms with Gasteiger partial charge in [-0.1, -0.05) is 43.6 Å². The van der Waals surface area contributed by atoms with E-state index in [1.165, 1.54) is 16.8 Å². The van der Waals surface area contributed by atoms with E-state index in [2.05, 4.69) is 72.0 Å². The highest BCUT2D eigenvalue weighted by molar-refractivity contribution is 6.32. The molecule has 5 heteroatoms. The minimum absolute atomic E-state index is 0.306. The maximum atomic E-state index is 9.00. The molecule has 0 spiro atoms. The van der Waals surface area contributed by atoms with Crippen molar-refractivity contribution in [2.75, 3.05) is 18.0 Å². The Morgan fingerprint density at radius 1 is 1.13 bits per heavy atom. The van der Waals surface area contributed by atoms with E-state index in [1.54, 1.807) is 0 Å². The van der Waals surface area contributed by atoms with Gasteiger partial charge in [-0.3, -0.25) is 0 Å². The van der Waals surface area contributed by atoms with Gasteiger partial charge < -0.3 is 9.88 Å². The number of hydrogen-bond donors (Lipinski definition) is 1. The Balaban J connectivity index is 1.52. The van der Waals surface area contributed by atoms with Gasteiger partial charge in [0.05, 0.1) is 17.3 Å². The van der Waals surface area contributed by atoms with E-state index < -0.39 is 0 Å². The largest absolute Gasteiger partial charge is 0.371 e. The predicted molar refractivity (Wildman–Crippen MR) is 123 cm³/mol. The van der Waals surface area contributed by atoms with E-state index in [4.69, 9.17) is 16.9 Å². The van der Waals surface area contributed by atoms with Crippen LogP contribution in [0.2, 0.25) is 5.15 Å². The van der Waals surface area contributed by atoms with Crippen molar-refractivity contribution in [2.45, 2.75) is 45.4 Å². The SMILES string of the molecule is Cc1ccc(N2CCC(c3ccc(C#N)cc3)CC2)cc1-c1[nH]c(C(C)C)nc1Cl. The second-order valence-corrected chi connectivity index (χ2v) is 8.79. The molecule has 0 aliphatic carbocycles. The lowest BCUT2D eigenvalue weighted by Crippen LogP contribution is -2.32. The van der Waals surface area contributed by atoms with Crippen LogP contribution in [0.5, 0.6) is 0 Å². The van der Waals surface area contributed by atoms with Crippen LogP contribution in [0.1, 0.15) is 61.0 Å². The number of H-pyrrole nitrogens is 1. The van der Waals surface area contributed by atoms with Crippen LogP contribution in [0, 0.1) is 18.3 Å². The first kappa shape index (κ1) is 20.5. The van der Waals surface area contributed by atoms with Crippen molar-refractivity contribution in [3.8, 4) is 17.3 Å². The van der Waals surface area contributed by atoms with Crippen molar-refractivity contribution in [1.82, 2.24) is 9.97 Å². The number of anilines is 1. The topological polar surface area (TPSA) is 55.7 Å². The summed E-state index contributed by atoms with van der Waals surface area (Å²) in [7, 11) is 0. The zero-order chi connectivity index (χ0) is 21.3. The normalized spacial score (nSPS) is 14.9. The smallest absolute Gasteiger partial charge is 0.155 e. The molecule has 0 unspecified atom stereocenters. The van der Waals surface area contributed by atoms with Crippen molar-refractivity contribution in [2.24, 2.45) is 0 Å². The van der Waals surface area contributed by atoms with Gasteiger partial charge in [-0.2, -0.15) is 5.26 Å². The molecule has 0 saturated carbocycles. The number of nitrogens with zero attached hydrogens (tertiary/aromatic N) is 3. The third-order valence-corrected chi connectivity index (χ3v) is 6.36. The quantitative estimate of drug-likeness (QED) is 0.532. The van der Waals surface area contributed by atoms with Gasteiger partial charge in [0.25, 0.3) is 0 Å². The Morgan fingerprint density at radius 2 is 1.83 bits per heavy atom. The molecule has 1 aromatic heterocycles. The molecule has 1 fully saturated rings. The average molecular weight is 419 g/mol. The number of benzene rings is 2. The van der Waals surface area contributed by atoms with Crippen LogP contribution in [-0.4, -0.2) is 23.1 Å². The molecule has 0 amide bonds. The van der Waals surface area contributed by atoms with Gasteiger partial charge in [-0.15, -0.1) is 0 Å². The van der Waals surface area contributed by atoms with Crippen LogP contribution in [-0.2, 0) is 0 Å². The van der Waals surface area contributed by atoms with Gasteiger partial charge in [-0.05, 0) is 61.1 Å². The highest BCUT2D eigenvalue weighted by Crippen LogP contribution is 2.35. The second-order valence-electron chi connectivity index (χ2n) is 8.44. The average Bonchev–Trinajstić information content (AvgIpc) is 3.16. The number of nitriles is 1. The maximum Gasteiger partial charge on any atom is 0.155 e. The van der Waals surface area contributed by atoms with Crippen molar-refractivity contribution >= 4 is 17.3 Å². The molecule has 30 heavy (non-hydrogen) atoms. The number of aromatic amines is 1. The molecule has 0 bridgehead atoms. The summed E-state index contributed by atoms with van der Waals surface area (Å²) < 4.78 is 0. The van der Waals surface area contributed by atoms with Gasteiger partial charge in [-0.25, -0.2) is 4.98 Å². The van der Waals surface area contributed by atoms with Crippen LogP contribution in [0.3, 0.4) is 0 Å². The molecule has 154 valence electrons. The van der Waals surface area contributed by atoms with E-state index in [0.29, 0.717) is 17.0 Å². The number of rotatable bonds is 4. The molecule has 3 aromatic rings. The maximum absolute atomic E-state index is 9.00. The van der Waals surface area contributed by atoms with Crippen molar-refractivity contribution < 1.29 is 0 Å². The summed E-state index contributed by atoms with van der Waals surface area (Å²) in [5.41, 5.74) is 6.50. The van der Waals surface area contributed by atoms with Crippen LogP contribution in [0.4, 0.5) is 5.69 Å². The lowest BCUT2D eigenvalue weighted by atomic mass is 9.88. The van der Waals surface area contributed by atoms with Gasteiger partial charge in [0.2, 0.25) is 0 Å². The molecule has 1 aliphatic heterocycles. The monoisotopic (exact) mass is 418 g/mol. The minimum atomic E-state index is 0.306. The molecule has 1 saturated heterocycles. The highest BCUT2D eigenvalue weighted by atomic mass is 35.5. The van der Waals surface area contributed by atoms with Crippen molar-refractivity contribution in [1.29, 1.82) is 5.26 Å². The summed E-state index contributed by atoms with van der Waals surface area (Å²) in [6, 6.07) is 16.9. The number of aryl methyl sites for hydroxylation is 1. The summed E-state index contributed by atoms with van der Waals surface area (Å²) in [5.74, 6) is 1.78. The van der Waals surface area contributed by atoms with Gasteiger partial charge in [0.1, 0.15) is 5.82 Å². The summed E-state index contributed by atoms with van der Waals surface area (Å²) in [6.45, 7) is 8.37. The molecular formula is C25H27ClN4. The highest BCUT2D eigenvalue weighted by Gasteiger charge is 2.22. The first-order valence-corrected chi connectivity index (χ1v) is 11.0. The minimum Gasteiger partial charge on any atom is -0.371 e. The second kappa shape index (κ2) is 8.53. The Morgan fingerprint density at radius 3 is 2.43 bits per heavy atom. The fourth-order valence-electron chi connectivity index (χ4n) is 4.20. The predicted octanol–water partition coefficient (Wildman–Crippen LogP) is 6.42. The number of aromatic nitrogens is 2. The Hall–Kier alpha value is -2.77. The lowest BCUT2D eigenvalue weighted by molar-refractivity contribution is 0.505. The number of hydrogen-bond acceptors (Lipinski definition) is 3. The Kier molecular flexibility index (Phi) is 5.83. The summed E-state index contributed by atoms with van der Waals surface area (Å²) in [4.78, 5) is 10.4. The summed E-state index contributed by atoms with van der Waals surface area (Å²) >= 11 is 6.47. The number of halogens is 1. The van der Waals surface area contributed by atoms with E-state index in [-0.39, 0.29) is 0 Å². The van der Waals surface area contributed by atoms with Crippen LogP contribution < -0.4 is 4.90 Å².